The van der Waals surface area contributed by atoms with Gasteiger partial charge in [0.1, 0.15) is 17.1 Å². The maximum absolute atomic E-state index is 12.4. The number of pyridine rings is 1. The van der Waals surface area contributed by atoms with Crippen LogP contribution in [0, 0.1) is 6.92 Å². The van der Waals surface area contributed by atoms with Crippen LogP contribution in [0.1, 0.15) is 44.2 Å². The van der Waals surface area contributed by atoms with Gasteiger partial charge in [0.05, 0.1) is 30.0 Å². The SMILES string of the molecule is CN=C(N)CCNC(=O)c1cc(NC(=O)c2cc(NC=O)cn2C)cn1C.COc1ccc(/C=C/c2ccc(C)cn2)cc1. The molecule has 4 rings (SSSR count). The van der Waals surface area contributed by atoms with Gasteiger partial charge >= 0.3 is 0 Å². The minimum Gasteiger partial charge on any atom is -0.497 e. The minimum absolute atomic E-state index is 0.279. The highest BCUT2D eigenvalue weighted by Crippen LogP contribution is 2.17. The van der Waals surface area contributed by atoms with E-state index in [1.165, 1.54) is 5.56 Å². The molecule has 0 aliphatic rings. The molecule has 0 atom stereocenters. The van der Waals surface area contributed by atoms with E-state index in [2.05, 4.69) is 32.0 Å². The average Bonchev–Trinajstić information content (AvgIpc) is 3.58. The molecule has 12 heteroatoms. The van der Waals surface area contributed by atoms with Gasteiger partial charge in [-0.25, -0.2) is 0 Å². The van der Waals surface area contributed by atoms with Crippen molar-refractivity contribution in [1.29, 1.82) is 0 Å². The molecule has 3 amide bonds. The van der Waals surface area contributed by atoms with Crippen LogP contribution in [0.5, 0.6) is 5.75 Å². The third-order valence-electron chi connectivity index (χ3n) is 6.41. The summed E-state index contributed by atoms with van der Waals surface area (Å²) < 4.78 is 8.32. The van der Waals surface area contributed by atoms with Gasteiger partial charge in [0.25, 0.3) is 11.8 Å². The molecule has 0 radical (unpaired) electrons. The normalized spacial score (nSPS) is 11.0. The lowest BCUT2D eigenvalue weighted by Gasteiger charge is -2.05. The summed E-state index contributed by atoms with van der Waals surface area (Å²) in [7, 11) is 6.66. The summed E-state index contributed by atoms with van der Waals surface area (Å²) in [6.45, 7) is 2.40. The Kier molecular flexibility index (Phi) is 12.0. The average molecular weight is 599 g/mol. The lowest BCUT2D eigenvalue weighted by Crippen LogP contribution is -2.29. The molecule has 0 spiro atoms. The van der Waals surface area contributed by atoms with Crippen molar-refractivity contribution in [1.82, 2.24) is 19.4 Å². The Bertz CT molecular complexity index is 1620. The second-order valence-corrected chi connectivity index (χ2v) is 9.75. The predicted molar refractivity (Wildman–Crippen MR) is 174 cm³/mol. The molecule has 4 aromatic rings. The van der Waals surface area contributed by atoms with Crippen LogP contribution in [0.25, 0.3) is 12.2 Å². The number of ether oxygens (including phenoxy) is 1. The third-order valence-corrected chi connectivity index (χ3v) is 6.41. The molecule has 0 aliphatic carbocycles. The van der Waals surface area contributed by atoms with E-state index in [9.17, 15) is 14.4 Å². The number of aliphatic imine (C=N–C) groups is 1. The number of nitrogens with two attached hydrogens (primary N) is 1. The lowest BCUT2D eigenvalue weighted by molar-refractivity contribution is -0.105. The molecule has 44 heavy (non-hydrogen) atoms. The largest absolute Gasteiger partial charge is 0.497 e. The third kappa shape index (κ3) is 9.72. The van der Waals surface area contributed by atoms with Crippen molar-refractivity contribution in [2.45, 2.75) is 13.3 Å². The Hall–Kier alpha value is -5.65. The maximum Gasteiger partial charge on any atom is 0.272 e. The molecule has 3 aromatic heterocycles. The summed E-state index contributed by atoms with van der Waals surface area (Å²) in [5.74, 6) is 0.691. The Morgan fingerprint density at radius 2 is 1.64 bits per heavy atom. The molecule has 230 valence electrons. The summed E-state index contributed by atoms with van der Waals surface area (Å²) in [5, 5.41) is 7.98. The number of rotatable bonds is 11. The summed E-state index contributed by atoms with van der Waals surface area (Å²) in [6.07, 6.45) is 10.2. The first kappa shape index (κ1) is 32.9. The summed E-state index contributed by atoms with van der Waals surface area (Å²) in [4.78, 5) is 43.4. The molecule has 0 unspecified atom stereocenters. The number of benzene rings is 1. The van der Waals surface area contributed by atoms with E-state index in [4.69, 9.17) is 10.5 Å². The van der Waals surface area contributed by atoms with E-state index in [1.807, 2.05) is 55.6 Å². The second-order valence-electron chi connectivity index (χ2n) is 9.75. The van der Waals surface area contributed by atoms with Gasteiger partial charge in [0.2, 0.25) is 6.41 Å². The van der Waals surface area contributed by atoms with Crippen LogP contribution in [0.3, 0.4) is 0 Å². The van der Waals surface area contributed by atoms with Gasteiger partial charge in [-0.05, 0) is 54.5 Å². The topological polar surface area (TPSA) is 158 Å². The number of methoxy groups -OCH3 is 1. The number of nitrogens with one attached hydrogen (secondary N) is 3. The maximum atomic E-state index is 12.4. The number of aromatic nitrogens is 3. The lowest BCUT2D eigenvalue weighted by atomic mass is 10.2. The molecule has 0 saturated heterocycles. The van der Waals surface area contributed by atoms with Crippen molar-refractivity contribution in [2.75, 3.05) is 31.3 Å². The fourth-order valence-corrected chi connectivity index (χ4v) is 3.97. The van der Waals surface area contributed by atoms with Crippen molar-refractivity contribution in [2.24, 2.45) is 24.8 Å². The van der Waals surface area contributed by atoms with Crippen LogP contribution >= 0.6 is 0 Å². The van der Waals surface area contributed by atoms with Gasteiger partial charge in [-0.3, -0.25) is 24.4 Å². The summed E-state index contributed by atoms with van der Waals surface area (Å²) >= 11 is 0. The number of nitrogens with zero attached hydrogens (tertiary/aromatic N) is 4. The molecule has 0 fully saturated rings. The van der Waals surface area contributed by atoms with Crippen LogP contribution in [0.15, 0.2) is 72.1 Å². The van der Waals surface area contributed by atoms with Gasteiger partial charge in [-0.2, -0.15) is 0 Å². The molecular formula is C32H38N8O4. The molecular weight excluding hydrogens is 560 g/mol. The molecule has 3 heterocycles. The zero-order valence-corrected chi connectivity index (χ0v) is 25.5. The van der Waals surface area contributed by atoms with Crippen molar-refractivity contribution in [3.05, 3.63) is 95.3 Å². The molecule has 5 N–H and O–H groups in total. The molecule has 12 nitrogen and oxygen atoms in total. The Labute approximate surface area is 256 Å². The number of amidine groups is 1. The minimum atomic E-state index is -0.360. The highest BCUT2D eigenvalue weighted by molar-refractivity contribution is 6.05. The van der Waals surface area contributed by atoms with Gasteiger partial charge < -0.3 is 35.6 Å². The fraction of sp³-hybridized carbons (Fsp3) is 0.219. The van der Waals surface area contributed by atoms with E-state index in [-0.39, 0.29) is 11.8 Å². The number of carbonyl (C=O) groups excluding carboxylic acids is 3. The van der Waals surface area contributed by atoms with Gasteiger partial charge in [0, 0.05) is 52.7 Å². The quantitative estimate of drug-likeness (QED) is 0.117. The predicted octanol–water partition coefficient (Wildman–Crippen LogP) is 3.86. The Balaban J connectivity index is 0.000000266. The van der Waals surface area contributed by atoms with Crippen LogP contribution < -0.4 is 26.4 Å². The van der Waals surface area contributed by atoms with Crippen LogP contribution in [-0.4, -0.2) is 58.9 Å². The summed E-state index contributed by atoms with van der Waals surface area (Å²) in [5.41, 5.74) is 10.6. The van der Waals surface area contributed by atoms with Crippen molar-refractivity contribution < 1.29 is 19.1 Å². The Morgan fingerprint density at radius 1 is 0.977 bits per heavy atom. The number of carbonyl (C=O) groups is 3. The first-order chi connectivity index (χ1) is 21.1. The second kappa shape index (κ2) is 16.1. The molecule has 0 bridgehead atoms. The zero-order chi connectivity index (χ0) is 32.1. The number of hydrogen-bond donors (Lipinski definition) is 4. The number of amides is 3. The molecule has 0 aliphatic heterocycles. The first-order valence-electron chi connectivity index (χ1n) is 13.7. The standard InChI is InChI=1S/C17H23N7O3.C15H15NO/c1-19-15(18)4-5-20-16(26)13-7-12(9-24(13)3)22-17(27)14-6-11(21-10-25)8-23(14)2;1-12-3-7-14(16-11-12)8-4-13-5-9-15(17-2)10-6-13/h6-10H,4-5H2,1-3H3,(H2,18,19)(H,20,26)(H,21,25)(H,22,27);3-11H,1-2H3/b;8-4+. The highest BCUT2D eigenvalue weighted by Gasteiger charge is 2.16. The van der Waals surface area contributed by atoms with Gasteiger partial charge in [-0.1, -0.05) is 24.3 Å². The van der Waals surface area contributed by atoms with Crippen molar-refractivity contribution >= 4 is 47.6 Å². The Morgan fingerprint density at radius 3 is 2.25 bits per heavy atom. The number of anilines is 2. The van der Waals surface area contributed by atoms with Crippen LogP contribution in [0.2, 0.25) is 0 Å². The number of aryl methyl sites for hydroxylation is 3. The fourth-order valence-electron chi connectivity index (χ4n) is 3.97. The van der Waals surface area contributed by atoms with E-state index in [0.717, 1.165) is 17.0 Å². The first-order valence-corrected chi connectivity index (χ1v) is 13.7. The molecule has 0 saturated carbocycles. The van der Waals surface area contributed by atoms with E-state index in [1.54, 1.807) is 61.9 Å². The zero-order valence-electron chi connectivity index (χ0n) is 25.5. The smallest absolute Gasteiger partial charge is 0.272 e. The monoisotopic (exact) mass is 598 g/mol. The highest BCUT2D eigenvalue weighted by atomic mass is 16.5. The van der Waals surface area contributed by atoms with Crippen LogP contribution in [-0.2, 0) is 18.9 Å². The van der Waals surface area contributed by atoms with Crippen molar-refractivity contribution in [3.8, 4) is 5.75 Å². The van der Waals surface area contributed by atoms with Gasteiger partial charge in [-0.15, -0.1) is 0 Å². The number of hydrogen-bond acceptors (Lipinski definition) is 6. The van der Waals surface area contributed by atoms with Crippen LogP contribution in [0.4, 0.5) is 11.4 Å². The molecule has 1 aromatic carbocycles. The van der Waals surface area contributed by atoms with E-state index < -0.39 is 0 Å². The van der Waals surface area contributed by atoms with Gasteiger partial charge in [0.15, 0.2) is 0 Å². The summed E-state index contributed by atoms with van der Waals surface area (Å²) in [6, 6.07) is 15.1. The van der Waals surface area contributed by atoms with E-state index >= 15 is 0 Å². The van der Waals surface area contributed by atoms with E-state index in [0.29, 0.717) is 48.0 Å². The van der Waals surface area contributed by atoms with Crippen molar-refractivity contribution in [3.63, 3.8) is 0 Å².